The van der Waals surface area contributed by atoms with Gasteiger partial charge < -0.3 is 10.1 Å². The van der Waals surface area contributed by atoms with Crippen LogP contribution in [-0.4, -0.2) is 36.1 Å². The number of nitrogens with zero attached hydrogens (tertiary/aromatic N) is 2. The van der Waals surface area contributed by atoms with Gasteiger partial charge in [0.15, 0.2) is 5.13 Å². The summed E-state index contributed by atoms with van der Waals surface area (Å²) < 4.78 is 6.86. The lowest BCUT2D eigenvalue weighted by Gasteiger charge is -2.26. The van der Waals surface area contributed by atoms with Crippen LogP contribution in [-0.2, 0) is 20.7 Å². The van der Waals surface area contributed by atoms with Gasteiger partial charge in [0.2, 0.25) is 11.8 Å². The number of benzene rings is 2. The van der Waals surface area contributed by atoms with E-state index in [-0.39, 0.29) is 23.8 Å². The highest BCUT2D eigenvalue weighted by Crippen LogP contribution is 2.32. The molecule has 2 aliphatic rings. The van der Waals surface area contributed by atoms with Crippen molar-refractivity contribution < 1.29 is 14.3 Å². The van der Waals surface area contributed by atoms with Crippen LogP contribution in [0.4, 0.5) is 10.8 Å². The third-order valence-corrected chi connectivity index (χ3v) is 7.10. The monoisotopic (exact) mass is 435 g/mol. The van der Waals surface area contributed by atoms with Gasteiger partial charge in [-0.1, -0.05) is 41.7 Å². The van der Waals surface area contributed by atoms with E-state index < -0.39 is 0 Å². The fourth-order valence-corrected chi connectivity index (χ4v) is 5.33. The van der Waals surface area contributed by atoms with Gasteiger partial charge in [-0.2, -0.15) is 0 Å². The molecule has 5 rings (SSSR count). The van der Waals surface area contributed by atoms with Crippen molar-refractivity contribution >= 4 is 44.2 Å². The van der Waals surface area contributed by atoms with Crippen LogP contribution < -0.4 is 10.2 Å². The SMILES string of the molecule is O=C1Nc2ccccc2C[C@@H]1CCC(=O)N(C[C@@H]1CCCO1)c1nc2ccccc2s1. The zero-order valence-corrected chi connectivity index (χ0v) is 18.1. The number of hydrogen-bond donors (Lipinski definition) is 1. The molecule has 160 valence electrons. The summed E-state index contributed by atoms with van der Waals surface area (Å²) in [6.07, 6.45) is 3.52. The van der Waals surface area contributed by atoms with Crippen molar-refractivity contribution in [1.82, 2.24) is 4.98 Å². The number of ether oxygens (including phenoxy) is 1. The number of carbonyl (C=O) groups is 2. The van der Waals surface area contributed by atoms with Gasteiger partial charge in [-0.05, 0) is 49.4 Å². The van der Waals surface area contributed by atoms with Crippen molar-refractivity contribution in [3.63, 3.8) is 0 Å². The van der Waals surface area contributed by atoms with E-state index in [4.69, 9.17) is 9.72 Å². The average molecular weight is 436 g/mol. The number of nitrogens with one attached hydrogen (secondary N) is 1. The molecule has 3 aromatic rings. The van der Waals surface area contributed by atoms with Crippen LogP contribution in [0.15, 0.2) is 48.5 Å². The number of amides is 2. The Kier molecular flexibility index (Phi) is 5.70. The van der Waals surface area contributed by atoms with E-state index in [1.165, 1.54) is 11.3 Å². The lowest BCUT2D eigenvalue weighted by Crippen LogP contribution is -2.38. The first-order valence-corrected chi connectivity index (χ1v) is 11.7. The van der Waals surface area contributed by atoms with E-state index in [1.54, 1.807) is 4.90 Å². The first kappa shape index (κ1) is 20.2. The number of fused-ring (bicyclic) bond motifs is 2. The number of aromatic nitrogens is 1. The van der Waals surface area contributed by atoms with E-state index in [1.807, 2.05) is 48.5 Å². The summed E-state index contributed by atoms with van der Waals surface area (Å²) in [5.74, 6) is -0.197. The number of carbonyl (C=O) groups excluding carboxylic acids is 2. The second kappa shape index (κ2) is 8.77. The molecule has 0 spiro atoms. The molecule has 0 aliphatic carbocycles. The molecule has 0 unspecified atom stereocenters. The van der Waals surface area contributed by atoms with E-state index >= 15 is 0 Å². The number of rotatable bonds is 6. The van der Waals surface area contributed by atoms with E-state index in [2.05, 4.69) is 5.32 Å². The molecule has 1 aromatic heterocycles. The van der Waals surface area contributed by atoms with E-state index in [0.717, 1.165) is 40.9 Å². The lowest BCUT2D eigenvalue weighted by atomic mass is 9.89. The van der Waals surface area contributed by atoms with E-state index in [0.29, 0.717) is 30.9 Å². The summed E-state index contributed by atoms with van der Waals surface area (Å²) in [5, 5.41) is 3.69. The van der Waals surface area contributed by atoms with Crippen LogP contribution in [0.5, 0.6) is 0 Å². The molecule has 0 bridgehead atoms. The van der Waals surface area contributed by atoms with Crippen molar-refractivity contribution in [3.05, 3.63) is 54.1 Å². The predicted molar refractivity (Wildman–Crippen MR) is 122 cm³/mol. The van der Waals surface area contributed by atoms with Crippen molar-refractivity contribution in [2.75, 3.05) is 23.4 Å². The molecule has 0 radical (unpaired) electrons. The molecule has 1 fully saturated rings. The highest BCUT2D eigenvalue weighted by Gasteiger charge is 2.29. The van der Waals surface area contributed by atoms with Crippen LogP contribution >= 0.6 is 11.3 Å². The number of para-hydroxylation sites is 2. The number of hydrogen-bond acceptors (Lipinski definition) is 5. The van der Waals surface area contributed by atoms with Crippen molar-refractivity contribution in [2.45, 2.75) is 38.2 Å². The maximum Gasteiger partial charge on any atom is 0.228 e. The molecule has 7 heteroatoms. The minimum Gasteiger partial charge on any atom is -0.376 e. The Hall–Kier alpha value is -2.77. The van der Waals surface area contributed by atoms with Gasteiger partial charge in [0.1, 0.15) is 0 Å². The molecule has 2 aliphatic heterocycles. The Morgan fingerprint density at radius 1 is 1.19 bits per heavy atom. The Morgan fingerprint density at radius 3 is 2.87 bits per heavy atom. The fourth-order valence-electron chi connectivity index (χ4n) is 4.33. The predicted octanol–water partition coefficient (Wildman–Crippen LogP) is 4.40. The Labute approximate surface area is 185 Å². The smallest absolute Gasteiger partial charge is 0.228 e. The van der Waals surface area contributed by atoms with Gasteiger partial charge >= 0.3 is 0 Å². The molecular formula is C24H25N3O3S. The zero-order chi connectivity index (χ0) is 21.2. The highest BCUT2D eigenvalue weighted by atomic mass is 32.1. The molecule has 3 heterocycles. The molecule has 2 aromatic carbocycles. The van der Waals surface area contributed by atoms with E-state index in [9.17, 15) is 9.59 Å². The summed E-state index contributed by atoms with van der Waals surface area (Å²) in [5.41, 5.74) is 2.91. The van der Waals surface area contributed by atoms with Crippen molar-refractivity contribution in [1.29, 1.82) is 0 Å². The van der Waals surface area contributed by atoms with Crippen molar-refractivity contribution in [3.8, 4) is 0 Å². The van der Waals surface area contributed by atoms with Gasteiger partial charge in [-0.15, -0.1) is 0 Å². The van der Waals surface area contributed by atoms with Gasteiger partial charge in [0.25, 0.3) is 0 Å². The topological polar surface area (TPSA) is 71.5 Å². The molecule has 1 saturated heterocycles. The summed E-state index contributed by atoms with van der Waals surface area (Å²) in [4.78, 5) is 32.3. The molecule has 2 atom stereocenters. The summed E-state index contributed by atoms with van der Waals surface area (Å²) in [6.45, 7) is 1.26. The molecular weight excluding hydrogens is 410 g/mol. The van der Waals surface area contributed by atoms with Crippen LogP contribution in [0.25, 0.3) is 10.2 Å². The first-order valence-electron chi connectivity index (χ1n) is 10.8. The number of thiazole rings is 1. The Morgan fingerprint density at radius 2 is 2.03 bits per heavy atom. The first-order chi connectivity index (χ1) is 15.2. The van der Waals surface area contributed by atoms with Gasteiger partial charge in [0, 0.05) is 24.6 Å². The maximum atomic E-state index is 13.3. The average Bonchev–Trinajstić information content (AvgIpc) is 3.45. The molecule has 0 saturated carbocycles. The maximum absolute atomic E-state index is 13.3. The fraction of sp³-hybridized carbons (Fsp3) is 0.375. The molecule has 1 N–H and O–H groups in total. The Balaban J connectivity index is 1.31. The third-order valence-electron chi connectivity index (χ3n) is 6.04. The van der Waals surface area contributed by atoms with Crippen LogP contribution in [0.2, 0.25) is 0 Å². The van der Waals surface area contributed by atoms with Crippen molar-refractivity contribution in [2.24, 2.45) is 5.92 Å². The standard InChI is InChI=1S/C24H25N3O3S/c28-22(12-11-17-14-16-6-1-2-8-19(16)25-23(17)29)27(15-18-7-5-13-30-18)24-26-20-9-3-4-10-21(20)31-24/h1-4,6,8-10,17-18H,5,7,11-15H2,(H,25,29)/t17-,18-/m0/s1. The Bertz CT molecular complexity index is 1070. The van der Waals surface area contributed by atoms with Crippen LogP contribution in [0.3, 0.4) is 0 Å². The quantitative estimate of drug-likeness (QED) is 0.623. The van der Waals surface area contributed by atoms with Gasteiger partial charge in [-0.25, -0.2) is 4.98 Å². The van der Waals surface area contributed by atoms with Gasteiger partial charge in [-0.3, -0.25) is 14.5 Å². The molecule has 6 nitrogen and oxygen atoms in total. The lowest BCUT2D eigenvalue weighted by molar-refractivity contribution is -0.121. The second-order valence-electron chi connectivity index (χ2n) is 8.19. The molecule has 2 amide bonds. The third kappa shape index (κ3) is 4.34. The normalized spacial score (nSPS) is 20.5. The molecule has 31 heavy (non-hydrogen) atoms. The number of anilines is 2. The zero-order valence-electron chi connectivity index (χ0n) is 17.3. The summed E-state index contributed by atoms with van der Waals surface area (Å²) >= 11 is 1.53. The van der Waals surface area contributed by atoms with Crippen LogP contribution in [0.1, 0.15) is 31.2 Å². The highest BCUT2D eigenvalue weighted by molar-refractivity contribution is 7.22. The van der Waals surface area contributed by atoms with Gasteiger partial charge in [0.05, 0.1) is 22.9 Å². The second-order valence-corrected chi connectivity index (χ2v) is 9.20. The largest absolute Gasteiger partial charge is 0.376 e. The summed E-state index contributed by atoms with van der Waals surface area (Å²) in [7, 11) is 0. The summed E-state index contributed by atoms with van der Waals surface area (Å²) in [6, 6.07) is 15.8. The van der Waals surface area contributed by atoms with Crippen LogP contribution in [0, 0.1) is 5.92 Å². The minimum absolute atomic E-state index is 0.00112. The minimum atomic E-state index is -0.196.